The van der Waals surface area contributed by atoms with E-state index in [1.54, 1.807) is 11.8 Å². The van der Waals surface area contributed by atoms with Gasteiger partial charge in [-0.15, -0.1) is 11.8 Å². The van der Waals surface area contributed by atoms with E-state index in [1.165, 1.54) is 27.1 Å². The second-order valence-electron chi connectivity index (χ2n) is 5.91. The lowest BCUT2D eigenvalue weighted by Crippen LogP contribution is -2.26. The van der Waals surface area contributed by atoms with Crippen molar-refractivity contribution in [2.75, 3.05) is 6.61 Å². The van der Waals surface area contributed by atoms with Gasteiger partial charge in [-0.1, -0.05) is 48.5 Å². The molecule has 116 valence electrons. The van der Waals surface area contributed by atoms with Crippen LogP contribution in [0.5, 0.6) is 0 Å². The van der Waals surface area contributed by atoms with E-state index in [1.807, 2.05) is 0 Å². The maximum atomic E-state index is 11.9. The Kier molecular flexibility index (Phi) is 3.96. The van der Waals surface area contributed by atoms with Crippen molar-refractivity contribution in [3.05, 3.63) is 60.2 Å². The molecule has 0 aromatic heterocycles. The van der Waals surface area contributed by atoms with E-state index in [2.05, 4.69) is 54.6 Å². The summed E-state index contributed by atoms with van der Waals surface area (Å²) in [4.78, 5) is 11.9. The minimum Gasteiger partial charge on any atom is -0.465 e. The summed E-state index contributed by atoms with van der Waals surface area (Å²) >= 11 is 1.71. The molecule has 3 aromatic carbocycles. The van der Waals surface area contributed by atoms with Crippen LogP contribution in [0.4, 0.5) is 0 Å². The summed E-state index contributed by atoms with van der Waals surface area (Å²) in [7, 11) is 0. The zero-order chi connectivity index (χ0) is 15.6. The number of carbonyl (C=O) groups excluding carboxylic acids is 1. The fraction of sp³-hybridized carbons (Fsp3) is 0.250. The van der Waals surface area contributed by atoms with Gasteiger partial charge in [0.1, 0.15) is 5.25 Å². The summed E-state index contributed by atoms with van der Waals surface area (Å²) < 4.78 is 5.19. The number of thioether (sulfide) groups is 1. The van der Waals surface area contributed by atoms with Crippen LogP contribution in [-0.2, 0) is 15.3 Å². The molecule has 0 N–H and O–H groups in total. The molecule has 4 rings (SSSR count). The van der Waals surface area contributed by atoms with Gasteiger partial charge in [0, 0.05) is 5.75 Å². The normalized spacial score (nSPS) is 18.3. The largest absolute Gasteiger partial charge is 0.465 e. The van der Waals surface area contributed by atoms with Gasteiger partial charge in [0.05, 0.1) is 6.61 Å². The molecule has 0 saturated carbocycles. The smallest absolute Gasteiger partial charge is 0.319 e. The highest BCUT2D eigenvalue weighted by Gasteiger charge is 2.24. The Bertz CT molecular complexity index is 818. The SMILES string of the molecule is O=C1OCCCC1SCc1c2ccccc2cc2ccccc12. The first-order valence-corrected chi connectivity index (χ1v) is 9.05. The number of fused-ring (bicyclic) bond motifs is 2. The molecule has 3 aromatic rings. The summed E-state index contributed by atoms with van der Waals surface area (Å²) in [6.45, 7) is 0.576. The third kappa shape index (κ3) is 2.81. The van der Waals surface area contributed by atoms with Crippen molar-refractivity contribution < 1.29 is 9.53 Å². The monoisotopic (exact) mass is 322 g/mol. The van der Waals surface area contributed by atoms with E-state index >= 15 is 0 Å². The van der Waals surface area contributed by atoms with Crippen LogP contribution in [-0.4, -0.2) is 17.8 Å². The van der Waals surface area contributed by atoms with Crippen molar-refractivity contribution in [2.45, 2.75) is 23.8 Å². The van der Waals surface area contributed by atoms with Crippen molar-refractivity contribution in [3.8, 4) is 0 Å². The van der Waals surface area contributed by atoms with Gasteiger partial charge in [0.15, 0.2) is 0 Å². The number of rotatable bonds is 3. The number of cyclic esters (lactones) is 1. The Morgan fingerprint density at radius 2 is 1.65 bits per heavy atom. The third-order valence-electron chi connectivity index (χ3n) is 4.43. The van der Waals surface area contributed by atoms with Crippen molar-refractivity contribution >= 4 is 39.3 Å². The molecule has 1 unspecified atom stereocenters. The number of hydrogen-bond acceptors (Lipinski definition) is 3. The molecule has 1 atom stereocenters. The van der Waals surface area contributed by atoms with E-state index in [9.17, 15) is 4.79 Å². The Hall–Kier alpha value is -2.00. The van der Waals surface area contributed by atoms with E-state index in [-0.39, 0.29) is 11.2 Å². The van der Waals surface area contributed by atoms with E-state index in [0.717, 1.165) is 18.6 Å². The predicted octanol–water partition coefficient (Wildman–Crippen LogP) is 4.93. The second-order valence-corrected chi connectivity index (χ2v) is 7.10. The minimum atomic E-state index is -0.0502. The van der Waals surface area contributed by atoms with E-state index < -0.39 is 0 Å². The van der Waals surface area contributed by atoms with Gasteiger partial charge in [0.2, 0.25) is 0 Å². The Balaban J connectivity index is 1.75. The van der Waals surface area contributed by atoms with E-state index in [4.69, 9.17) is 4.74 Å². The number of benzene rings is 3. The van der Waals surface area contributed by atoms with Crippen LogP contribution in [0.25, 0.3) is 21.5 Å². The Morgan fingerprint density at radius 3 is 2.30 bits per heavy atom. The molecule has 0 radical (unpaired) electrons. The van der Waals surface area contributed by atoms with Crippen molar-refractivity contribution in [1.82, 2.24) is 0 Å². The summed E-state index contributed by atoms with van der Waals surface area (Å²) in [6, 6.07) is 19.2. The number of carbonyl (C=O) groups is 1. The van der Waals surface area contributed by atoms with Crippen molar-refractivity contribution in [1.29, 1.82) is 0 Å². The standard InChI is InChI=1S/C20H18O2S/c21-20-19(10-5-11-22-20)23-13-18-16-8-3-1-6-14(16)12-15-7-2-4-9-17(15)18/h1-4,6-9,12,19H,5,10-11,13H2. The molecule has 0 amide bonds. The van der Waals surface area contributed by atoms with Gasteiger partial charge in [-0.2, -0.15) is 0 Å². The lowest BCUT2D eigenvalue weighted by molar-refractivity contribution is -0.145. The molecule has 23 heavy (non-hydrogen) atoms. The van der Waals surface area contributed by atoms with Gasteiger partial charge < -0.3 is 4.74 Å². The molecule has 0 aliphatic carbocycles. The molecule has 1 saturated heterocycles. The molecule has 3 heteroatoms. The Morgan fingerprint density at radius 1 is 1.00 bits per heavy atom. The van der Waals surface area contributed by atoms with Crippen molar-refractivity contribution in [3.63, 3.8) is 0 Å². The Labute approximate surface area is 139 Å². The lowest BCUT2D eigenvalue weighted by atomic mass is 9.98. The van der Waals surface area contributed by atoms with Crippen molar-refractivity contribution in [2.24, 2.45) is 0 Å². The van der Waals surface area contributed by atoms with Gasteiger partial charge in [-0.05, 0) is 46.0 Å². The summed E-state index contributed by atoms with van der Waals surface area (Å²) in [5.74, 6) is 0.785. The molecular formula is C20H18O2S. The fourth-order valence-corrected chi connectivity index (χ4v) is 4.47. The second kappa shape index (κ2) is 6.25. The van der Waals surface area contributed by atoms with Crippen LogP contribution >= 0.6 is 11.8 Å². The zero-order valence-corrected chi connectivity index (χ0v) is 13.6. The lowest BCUT2D eigenvalue weighted by Gasteiger charge is -2.21. The van der Waals surface area contributed by atoms with Gasteiger partial charge >= 0.3 is 5.97 Å². The minimum absolute atomic E-state index is 0.0264. The molecule has 1 aliphatic heterocycles. The van der Waals surface area contributed by atoms with Crippen LogP contribution < -0.4 is 0 Å². The zero-order valence-electron chi connectivity index (χ0n) is 12.8. The predicted molar refractivity (Wildman–Crippen MR) is 96.7 cm³/mol. The maximum Gasteiger partial charge on any atom is 0.319 e. The molecule has 2 nitrogen and oxygen atoms in total. The van der Waals surface area contributed by atoms with Crippen LogP contribution in [0, 0.1) is 0 Å². The topological polar surface area (TPSA) is 26.3 Å². The van der Waals surface area contributed by atoms with Gasteiger partial charge in [0.25, 0.3) is 0 Å². The highest BCUT2D eigenvalue weighted by atomic mass is 32.2. The maximum absolute atomic E-state index is 11.9. The molecule has 0 spiro atoms. The van der Waals surface area contributed by atoms with Crippen LogP contribution in [0.2, 0.25) is 0 Å². The molecule has 0 bridgehead atoms. The summed E-state index contributed by atoms with van der Waals surface area (Å²) in [6.07, 6.45) is 1.89. The highest BCUT2D eigenvalue weighted by molar-refractivity contribution is 7.99. The van der Waals surface area contributed by atoms with Gasteiger partial charge in [-0.3, -0.25) is 4.79 Å². The third-order valence-corrected chi connectivity index (χ3v) is 5.72. The van der Waals surface area contributed by atoms with Crippen LogP contribution in [0.15, 0.2) is 54.6 Å². The van der Waals surface area contributed by atoms with Gasteiger partial charge in [-0.25, -0.2) is 0 Å². The van der Waals surface area contributed by atoms with Crippen LogP contribution in [0.1, 0.15) is 18.4 Å². The highest BCUT2D eigenvalue weighted by Crippen LogP contribution is 2.34. The van der Waals surface area contributed by atoms with E-state index in [0.29, 0.717) is 6.61 Å². The molecule has 1 aliphatic rings. The molecular weight excluding hydrogens is 304 g/mol. The quantitative estimate of drug-likeness (QED) is 0.505. The summed E-state index contributed by atoms with van der Waals surface area (Å²) in [5, 5.41) is 5.05. The average Bonchev–Trinajstić information content (AvgIpc) is 2.60. The average molecular weight is 322 g/mol. The first-order valence-electron chi connectivity index (χ1n) is 8.00. The first-order chi connectivity index (χ1) is 11.3. The first kappa shape index (κ1) is 14.6. The number of esters is 1. The number of hydrogen-bond donors (Lipinski definition) is 0. The fourth-order valence-electron chi connectivity index (χ4n) is 3.25. The molecule has 1 fully saturated rings. The number of ether oxygens (including phenoxy) is 1. The summed E-state index contributed by atoms with van der Waals surface area (Å²) in [5.41, 5.74) is 1.32. The molecule has 1 heterocycles. The van der Waals surface area contributed by atoms with Crippen LogP contribution in [0.3, 0.4) is 0 Å².